The number of benzene rings is 1. The smallest absolute Gasteiger partial charge is 0.410 e. The van der Waals surface area contributed by atoms with Gasteiger partial charge in [0, 0.05) is 45.8 Å². The lowest BCUT2D eigenvalue weighted by molar-refractivity contribution is 0.0650. The first-order chi connectivity index (χ1) is 10.3. The fourth-order valence-corrected chi connectivity index (χ4v) is 2.77. The zero-order chi connectivity index (χ0) is 14.5. The standard InChI is InChI=1S/C16H23N3O2/c20-16(21-13-14-4-2-1-3-5-14)19-8-6-18(7-9-19)12-15-10-17-11-15/h1-5,15,17H,6-13H2. The molecule has 0 spiro atoms. The van der Waals surface area contributed by atoms with Gasteiger partial charge >= 0.3 is 6.09 Å². The van der Waals surface area contributed by atoms with E-state index in [9.17, 15) is 4.79 Å². The molecule has 1 amide bonds. The van der Waals surface area contributed by atoms with Crippen LogP contribution >= 0.6 is 0 Å². The summed E-state index contributed by atoms with van der Waals surface area (Å²) in [6.45, 7) is 7.24. The van der Waals surface area contributed by atoms with Gasteiger partial charge in [0.1, 0.15) is 6.61 Å². The Morgan fingerprint density at radius 3 is 2.48 bits per heavy atom. The molecule has 21 heavy (non-hydrogen) atoms. The van der Waals surface area contributed by atoms with Crippen molar-refractivity contribution >= 4 is 6.09 Å². The van der Waals surface area contributed by atoms with Gasteiger partial charge in [-0.2, -0.15) is 0 Å². The maximum atomic E-state index is 12.0. The summed E-state index contributed by atoms with van der Waals surface area (Å²) in [4.78, 5) is 16.3. The second-order valence-corrected chi connectivity index (χ2v) is 5.85. The van der Waals surface area contributed by atoms with Gasteiger partial charge in [-0.3, -0.25) is 4.90 Å². The molecule has 2 aliphatic heterocycles. The zero-order valence-corrected chi connectivity index (χ0v) is 12.3. The van der Waals surface area contributed by atoms with Crippen LogP contribution in [0.15, 0.2) is 30.3 Å². The third-order valence-corrected chi connectivity index (χ3v) is 4.22. The molecule has 0 aromatic heterocycles. The number of nitrogens with one attached hydrogen (secondary N) is 1. The Hall–Kier alpha value is -1.59. The number of hydrogen-bond donors (Lipinski definition) is 1. The SMILES string of the molecule is O=C(OCc1ccccc1)N1CCN(CC2CNC2)CC1. The van der Waals surface area contributed by atoms with Gasteiger partial charge in [-0.15, -0.1) is 0 Å². The van der Waals surface area contributed by atoms with E-state index in [1.165, 1.54) is 0 Å². The zero-order valence-electron chi connectivity index (χ0n) is 12.3. The van der Waals surface area contributed by atoms with E-state index >= 15 is 0 Å². The topological polar surface area (TPSA) is 44.8 Å². The van der Waals surface area contributed by atoms with Gasteiger partial charge in [0.25, 0.3) is 0 Å². The molecule has 1 aromatic carbocycles. The molecular weight excluding hydrogens is 266 g/mol. The van der Waals surface area contributed by atoms with Crippen molar-refractivity contribution in [2.45, 2.75) is 6.61 Å². The van der Waals surface area contributed by atoms with Gasteiger partial charge in [-0.25, -0.2) is 4.79 Å². The van der Waals surface area contributed by atoms with Crippen molar-refractivity contribution in [1.29, 1.82) is 0 Å². The van der Waals surface area contributed by atoms with Crippen molar-refractivity contribution in [3.8, 4) is 0 Å². The Morgan fingerprint density at radius 2 is 1.86 bits per heavy atom. The lowest BCUT2D eigenvalue weighted by atomic mass is 10.0. The van der Waals surface area contributed by atoms with Crippen LogP contribution in [0.3, 0.4) is 0 Å². The monoisotopic (exact) mass is 289 g/mol. The number of ether oxygens (including phenoxy) is 1. The fraction of sp³-hybridized carbons (Fsp3) is 0.562. The molecule has 0 bridgehead atoms. The van der Waals surface area contributed by atoms with Gasteiger partial charge in [0.05, 0.1) is 0 Å². The minimum atomic E-state index is -0.191. The molecule has 0 saturated carbocycles. The van der Waals surface area contributed by atoms with Crippen LogP contribution < -0.4 is 5.32 Å². The van der Waals surface area contributed by atoms with E-state index in [1.807, 2.05) is 35.2 Å². The third kappa shape index (κ3) is 3.95. The van der Waals surface area contributed by atoms with Crippen LogP contribution in [0, 0.1) is 5.92 Å². The molecule has 0 radical (unpaired) electrons. The second-order valence-electron chi connectivity index (χ2n) is 5.85. The van der Waals surface area contributed by atoms with Gasteiger partial charge in [0.15, 0.2) is 0 Å². The van der Waals surface area contributed by atoms with E-state index in [0.29, 0.717) is 6.61 Å². The predicted octanol–water partition coefficient (Wildman–Crippen LogP) is 1.16. The Bertz CT molecular complexity index is 454. The quantitative estimate of drug-likeness (QED) is 0.903. The number of rotatable bonds is 4. The van der Waals surface area contributed by atoms with Crippen LogP contribution in [0.2, 0.25) is 0 Å². The number of amides is 1. The van der Waals surface area contributed by atoms with E-state index in [0.717, 1.165) is 57.3 Å². The Labute approximate surface area is 125 Å². The van der Waals surface area contributed by atoms with Crippen molar-refractivity contribution in [2.75, 3.05) is 45.8 Å². The summed E-state index contributed by atoms with van der Waals surface area (Å²) in [6.07, 6.45) is -0.191. The summed E-state index contributed by atoms with van der Waals surface area (Å²) >= 11 is 0. The molecule has 1 aromatic rings. The number of carbonyl (C=O) groups is 1. The molecule has 0 unspecified atom stereocenters. The molecule has 2 saturated heterocycles. The maximum absolute atomic E-state index is 12.0. The van der Waals surface area contributed by atoms with Gasteiger partial charge in [-0.05, 0) is 11.5 Å². The third-order valence-electron chi connectivity index (χ3n) is 4.22. The minimum Gasteiger partial charge on any atom is -0.445 e. The van der Waals surface area contributed by atoms with E-state index in [-0.39, 0.29) is 6.09 Å². The van der Waals surface area contributed by atoms with Crippen LogP contribution in [-0.2, 0) is 11.3 Å². The fourth-order valence-electron chi connectivity index (χ4n) is 2.77. The highest BCUT2D eigenvalue weighted by Gasteiger charge is 2.25. The lowest BCUT2D eigenvalue weighted by Gasteiger charge is -2.38. The highest BCUT2D eigenvalue weighted by molar-refractivity contribution is 5.67. The molecule has 5 heteroatoms. The molecule has 3 rings (SSSR count). The maximum Gasteiger partial charge on any atom is 0.410 e. The van der Waals surface area contributed by atoms with Crippen molar-refractivity contribution in [3.05, 3.63) is 35.9 Å². The van der Waals surface area contributed by atoms with Crippen LogP contribution in [-0.4, -0.2) is 61.7 Å². The minimum absolute atomic E-state index is 0.191. The lowest BCUT2D eigenvalue weighted by Crippen LogP contribution is -2.54. The molecule has 114 valence electrons. The van der Waals surface area contributed by atoms with Crippen molar-refractivity contribution < 1.29 is 9.53 Å². The highest BCUT2D eigenvalue weighted by Crippen LogP contribution is 2.10. The average Bonchev–Trinajstić information content (AvgIpc) is 2.50. The summed E-state index contributed by atoms with van der Waals surface area (Å²) in [5, 5.41) is 3.30. The van der Waals surface area contributed by atoms with E-state index in [4.69, 9.17) is 4.74 Å². The van der Waals surface area contributed by atoms with Crippen molar-refractivity contribution in [3.63, 3.8) is 0 Å². The molecule has 0 aliphatic carbocycles. The second kappa shape index (κ2) is 6.91. The Kier molecular flexibility index (Phi) is 4.72. The number of piperazine rings is 1. The molecular formula is C16H23N3O2. The van der Waals surface area contributed by atoms with Crippen LogP contribution in [0.5, 0.6) is 0 Å². The summed E-state index contributed by atoms with van der Waals surface area (Å²) in [5.41, 5.74) is 1.03. The van der Waals surface area contributed by atoms with E-state index in [1.54, 1.807) is 0 Å². The highest BCUT2D eigenvalue weighted by atomic mass is 16.6. The Morgan fingerprint density at radius 1 is 1.14 bits per heavy atom. The molecule has 0 atom stereocenters. The van der Waals surface area contributed by atoms with Crippen LogP contribution in [0.4, 0.5) is 4.79 Å². The van der Waals surface area contributed by atoms with Crippen LogP contribution in [0.1, 0.15) is 5.56 Å². The number of nitrogens with zero attached hydrogens (tertiary/aromatic N) is 2. The van der Waals surface area contributed by atoms with Crippen LogP contribution in [0.25, 0.3) is 0 Å². The average molecular weight is 289 g/mol. The first-order valence-corrected chi connectivity index (χ1v) is 7.70. The van der Waals surface area contributed by atoms with Gasteiger partial charge in [-0.1, -0.05) is 30.3 Å². The number of carbonyl (C=O) groups excluding carboxylic acids is 1. The first kappa shape index (κ1) is 14.4. The van der Waals surface area contributed by atoms with Gasteiger partial charge < -0.3 is 15.0 Å². The predicted molar refractivity (Wildman–Crippen MR) is 81.0 cm³/mol. The van der Waals surface area contributed by atoms with E-state index < -0.39 is 0 Å². The summed E-state index contributed by atoms with van der Waals surface area (Å²) in [6, 6.07) is 9.81. The molecule has 2 aliphatic rings. The van der Waals surface area contributed by atoms with Crippen molar-refractivity contribution in [2.24, 2.45) is 5.92 Å². The summed E-state index contributed by atoms with van der Waals surface area (Å²) < 4.78 is 5.37. The molecule has 2 heterocycles. The molecule has 5 nitrogen and oxygen atoms in total. The summed E-state index contributed by atoms with van der Waals surface area (Å²) in [5.74, 6) is 0.793. The molecule has 1 N–H and O–H groups in total. The van der Waals surface area contributed by atoms with Gasteiger partial charge in [0.2, 0.25) is 0 Å². The first-order valence-electron chi connectivity index (χ1n) is 7.70. The number of hydrogen-bond acceptors (Lipinski definition) is 4. The molecule has 2 fully saturated rings. The van der Waals surface area contributed by atoms with Crippen molar-refractivity contribution in [1.82, 2.24) is 15.1 Å². The Balaban J connectivity index is 1.38. The van der Waals surface area contributed by atoms with E-state index in [2.05, 4.69) is 10.2 Å². The normalized spacial score (nSPS) is 20.1. The largest absolute Gasteiger partial charge is 0.445 e. The summed E-state index contributed by atoms with van der Waals surface area (Å²) in [7, 11) is 0.